The summed E-state index contributed by atoms with van der Waals surface area (Å²) in [6.07, 6.45) is 0. The first-order valence-corrected chi connectivity index (χ1v) is 7.60. The van der Waals surface area contributed by atoms with E-state index in [1.807, 2.05) is 0 Å². The lowest BCUT2D eigenvalue weighted by atomic mass is 10.1. The number of sulfone groups is 1. The van der Waals surface area contributed by atoms with E-state index in [0.717, 1.165) is 12.1 Å². The number of alkyl halides is 3. The van der Waals surface area contributed by atoms with Crippen LogP contribution in [0.4, 0.5) is 4.39 Å². The van der Waals surface area contributed by atoms with Crippen LogP contribution >= 0.6 is 23.2 Å². The lowest BCUT2D eigenvalue weighted by Crippen LogP contribution is -2.17. The van der Waals surface area contributed by atoms with Gasteiger partial charge in [0.15, 0.2) is 9.84 Å². The van der Waals surface area contributed by atoms with Crippen LogP contribution in [0.15, 0.2) is 17.0 Å². The summed E-state index contributed by atoms with van der Waals surface area (Å²) in [4.78, 5) is 10.5. The first kappa shape index (κ1) is 16.2. The lowest BCUT2D eigenvalue weighted by molar-refractivity contribution is 0.0695. The second-order valence-corrected chi connectivity index (χ2v) is 7.27. The van der Waals surface area contributed by atoms with Crippen LogP contribution in [0.25, 0.3) is 0 Å². The molecule has 0 spiro atoms. The van der Waals surface area contributed by atoms with E-state index in [4.69, 9.17) is 28.3 Å². The number of carbonyl (C=O) groups is 1. The molecule has 0 radical (unpaired) electrons. The zero-order chi connectivity index (χ0) is 15.0. The van der Waals surface area contributed by atoms with E-state index >= 15 is 0 Å². The molecule has 0 aromatic heterocycles. The molecule has 0 atom stereocenters. The first-order valence-electron chi connectivity index (χ1n) is 5.19. The largest absolute Gasteiger partial charge is 0.478 e. The third kappa shape index (κ3) is 3.19. The Morgan fingerprint density at radius 1 is 1.42 bits per heavy atom. The zero-order valence-corrected chi connectivity index (χ0v) is 12.4. The Morgan fingerprint density at radius 3 is 2.32 bits per heavy atom. The number of carboxylic acid groups (broad SMARTS) is 1. The predicted octanol–water partition coefficient (Wildman–Crippen LogP) is 3.04. The number of halogens is 3. The van der Waals surface area contributed by atoms with Crippen molar-refractivity contribution in [3.63, 3.8) is 0 Å². The first-order chi connectivity index (χ1) is 8.52. The molecule has 0 heterocycles. The summed E-state index contributed by atoms with van der Waals surface area (Å²) in [7, 11) is -3.87. The van der Waals surface area contributed by atoms with E-state index in [0.29, 0.717) is 0 Å². The average Bonchev–Trinajstić information content (AvgIpc) is 2.26. The molecule has 106 valence electrons. The molecule has 0 saturated carbocycles. The molecule has 0 aliphatic rings. The van der Waals surface area contributed by atoms with Gasteiger partial charge >= 0.3 is 5.97 Å². The number of benzene rings is 1. The quantitative estimate of drug-likeness (QED) is 0.862. The lowest BCUT2D eigenvalue weighted by Gasteiger charge is -2.18. The standard InChI is InChI=1S/C11H11Cl2FO4S/c1-3-19(17,18)9-6(2)7(10(15)16)4-5-8(9)11(12,13)14/h4-5H,3H2,1-2H3,(H,15,16). The van der Waals surface area contributed by atoms with Gasteiger partial charge in [-0.2, -0.15) is 0 Å². The number of aromatic carboxylic acids is 1. The summed E-state index contributed by atoms with van der Waals surface area (Å²) in [6, 6.07) is 2.04. The van der Waals surface area contributed by atoms with E-state index in [9.17, 15) is 17.6 Å². The van der Waals surface area contributed by atoms with Crippen molar-refractivity contribution in [3.05, 3.63) is 28.8 Å². The predicted molar refractivity (Wildman–Crippen MR) is 70.4 cm³/mol. The number of rotatable bonds is 4. The highest BCUT2D eigenvalue weighted by Crippen LogP contribution is 2.41. The number of carboxylic acids is 1. The van der Waals surface area contributed by atoms with Crippen LogP contribution in [-0.4, -0.2) is 25.2 Å². The fourth-order valence-electron chi connectivity index (χ4n) is 1.69. The van der Waals surface area contributed by atoms with Crippen molar-refractivity contribution in [2.45, 2.75) is 23.3 Å². The summed E-state index contributed by atoms with van der Waals surface area (Å²) in [5.41, 5.74) is -0.802. The Hall–Kier alpha value is -0.850. The molecule has 0 saturated heterocycles. The van der Waals surface area contributed by atoms with Crippen molar-refractivity contribution in [3.8, 4) is 0 Å². The highest BCUT2D eigenvalue weighted by Gasteiger charge is 2.35. The molecule has 1 rings (SSSR count). The molecule has 0 aliphatic heterocycles. The molecular formula is C11H11Cl2FO4S. The summed E-state index contributed by atoms with van der Waals surface area (Å²) < 4.78 is 34.7. The topological polar surface area (TPSA) is 71.4 Å². The SMILES string of the molecule is CCS(=O)(=O)c1c(C(F)(Cl)Cl)ccc(C(=O)O)c1C. The van der Waals surface area contributed by atoms with Gasteiger partial charge in [-0.05, 0) is 18.6 Å². The molecule has 0 unspecified atom stereocenters. The van der Waals surface area contributed by atoms with Crippen LogP contribution in [-0.2, 0) is 14.4 Å². The Labute approximate surface area is 120 Å². The Kier molecular flexibility index (Phi) is 4.49. The summed E-state index contributed by atoms with van der Waals surface area (Å²) in [5.74, 6) is -1.64. The van der Waals surface area contributed by atoms with E-state index in [-0.39, 0.29) is 16.9 Å². The fraction of sp³-hybridized carbons (Fsp3) is 0.364. The van der Waals surface area contributed by atoms with E-state index in [1.54, 1.807) is 0 Å². The van der Waals surface area contributed by atoms with Crippen LogP contribution in [0.2, 0.25) is 0 Å². The summed E-state index contributed by atoms with van der Waals surface area (Å²) in [6.45, 7) is 2.63. The molecule has 0 bridgehead atoms. The van der Waals surface area contributed by atoms with Crippen molar-refractivity contribution >= 4 is 39.0 Å². The van der Waals surface area contributed by atoms with Gasteiger partial charge in [-0.25, -0.2) is 17.6 Å². The molecule has 0 aliphatic carbocycles. The van der Waals surface area contributed by atoms with E-state index in [2.05, 4.69) is 0 Å². The Bertz CT molecular complexity index is 620. The smallest absolute Gasteiger partial charge is 0.335 e. The minimum absolute atomic E-state index is 0.0878. The molecule has 1 aromatic rings. The van der Waals surface area contributed by atoms with Crippen LogP contribution < -0.4 is 0 Å². The van der Waals surface area contributed by atoms with Crippen molar-refractivity contribution in [1.82, 2.24) is 0 Å². The molecule has 0 amide bonds. The second kappa shape index (κ2) is 5.26. The highest BCUT2D eigenvalue weighted by molar-refractivity contribution is 7.91. The normalized spacial score (nSPS) is 12.5. The van der Waals surface area contributed by atoms with Crippen molar-refractivity contribution < 1.29 is 22.7 Å². The summed E-state index contributed by atoms with van der Waals surface area (Å²) in [5, 5.41) is 8.97. The molecule has 4 nitrogen and oxygen atoms in total. The van der Waals surface area contributed by atoms with Gasteiger partial charge in [-0.3, -0.25) is 0 Å². The molecule has 1 aromatic carbocycles. The molecular weight excluding hydrogens is 318 g/mol. The van der Waals surface area contributed by atoms with Gasteiger partial charge in [0.05, 0.1) is 16.2 Å². The maximum absolute atomic E-state index is 13.7. The van der Waals surface area contributed by atoms with E-state index in [1.165, 1.54) is 13.8 Å². The monoisotopic (exact) mass is 328 g/mol. The number of hydrogen-bond donors (Lipinski definition) is 1. The van der Waals surface area contributed by atoms with Gasteiger partial charge in [0.1, 0.15) is 0 Å². The molecule has 1 N–H and O–H groups in total. The average molecular weight is 329 g/mol. The number of hydrogen-bond acceptors (Lipinski definition) is 3. The van der Waals surface area contributed by atoms with Crippen molar-refractivity contribution in [2.24, 2.45) is 0 Å². The molecule has 0 fully saturated rings. The van der Waals surface area contributed by atoms with Gasteiger partial charge in [0.25, 0.3) is 4.59 Å². The maximum Gasteiger partial charge on any atom is 0.335 e. The van der Waals surface area contributed by atoms with Gasteiger partial charge in [0.2, 0.25) is 0 Å². The van der Waals surface area contributed by atoms with Gasteiger partial charge in [0, 0.05) is 5.56 Å². The highest BCUT2D eigenvalue weighted by atomic mass is 35.5. The van der Waals surface area contributed by atoms with Gasteiger partial charge in [-0.15, -0.1) is 0 Å². The maximum atomic E-state index is 13.7. The Morgan fingerprint density at radius 2 is 1.95 bits per heavy atom. The second-order valence-electron chi connectivity index (χ2n) is 3.82. The molecule has 8 heteroatoms. The molecule has 19 heavy (non-hydrogen) atoms. The Balaban J connectivity index is 3.82. The van der Waals surface area contributed by atoms with Crippen molar-refractivity contribution in [2.75, 3.05) is 5.75 Å². The minimum atomic E-state index is -3.87. The van der Waals surface area contributed by atoms with Gasteiger partial charge < -0.3 is 5.11 Å². The third-order valence-corrected chi connectivity index (χ3v) is 4.95. The summed E-state index contributed by atoms with van der Waals surface area (Å²) >= 11 is 10.6. The van der Waals surface area contributed by atoms with Crippen LogP contribution in [0.5, 0.6) is 0 Å². The van der Waals surface area contributed by atoms with Crippen molar-refractivity contribution in [1.29, 1.82) is 0 Å². The van der Waals surface area contributed by atoms with Crippen LogP contribution in [0.1, 0.15) is 28.4 Å². The van der Waals surface area contributed by atoms with Crippen LogP contribution in [0, 0.1) is 6.92 Å². The zero-order valence-electron chi connectivity index (χ0n) is 10.1. The minimum Gasteiger partial charge on any atom is -0.478 e. The van der Waals surface area contributed by atoms with Gasteiger partial charge in [-0.1, -0.05) is 36.2 Å². The third-order valence-electron chi connectivity index (χ3n) is 2.63. The van der Waals surface area contributed by atoms with Crippen LogP contribution in [0.3, 0.4) is 0 Å². The fourth-order valence-corrected chi connectivity index (χ4v) is 3.53. The van der Waals surface area contributed by atoms with E-state index < -0.39 is 30.9 Å².